The Labute approximate surface area is 132 Å². The Kier molecular flexibility index (Phi) is 3.51. The highest BCUT2D eigenvalue weighted by Crippen LogP contribution is 2.30. The first kappa shape index (κ1) is 13.6. The van der Waals surface area contributed by atoms with E-state index in [9.17, 15) is 0 Å². The van der Waals surface area contributed by atoms with Gasteiger partial charge in [-0.2, -0.15) is 4.68 Å². The average molecular weight is 309 g/mol. The first-order valence-corrected chi connectivity index (χ1v) is 7.36. The Morgan fingerprint density at radius 3 is 2.70 bits per heavy atom. The third kappa shape index (κ3) is 2.80. The van der Waals surface area contributed by atoms with Gasteiger partial charge in [0.05, 0.1) is 12.2 Å². The fourth-order valence-corrected chi connectivity index (χ4v) is 2.41. The van der Waals surface area contributed by atoms with Crippen molar-refractivity contribution in [3.05, 3.63) is 54.6 Å². The SMILES string of the molecule is c1ccc(-n2nnnc2NCC2COc3ccccc3O2)cc1. The molecule has 2 aromatic carbocycles. The summed E-state index contributed by atoms with van der Waals surface area (Å²) in [5, 5.41) is 15.0. The van der Waals surface area contributed by atoms with Crippen LogP contribution in [-0.4, -0.2) is 39.5 Å². The number of anilines is 1. The molecule has 1 atom stereocenters. The second-order valence-electron chi connectivity index (χ2n) is 5.13. The summed E-state index contributed by atoms with van der Waals surface area (Å²) in [5.74, 6) is 2.10. The summed E-state index contributed by atoms with van der Waals surface area (Å²) in [6.45, 7) is 1.03. The van der Waals surface area contributed by atoms with Crippen LogP contribution in [0.15, 0.2) is 54.6 Å². The topological polar surface area (TPSA) is 74.1 Å². The predicted molar refractivity (Wildman–Crippen MR) is 84.0 cm³/mol. The lowest BCUT2D eigenvalue weighted by molar-refractivity contribution is 0.0996. The first-order chi connectivity index (χ1) is 11.4. The second kappa shape index (κ2) is 5.96. The minimum atomic E-state index is -0.106. The zero-order valence-corrected chi connectivity index (χ0v) is 12.3. The summed E-state index contributed by atoms with van der Waals surface area (Å²) >= 11 is 0. The lowest BCUT2D eigenvalue weighted by atomic mass is 10.2. The summed E-state index contributed by atoms with van der Waals surface area (Å²) in [5.41, 5.74) is 0.895. The maximum atomic E-state index is 5.91. The Bertz CT molecular complexity index is 790. The molecule has 1 unspecified atom stereocenters. The highest BCUT2D eigenvalue weighted by molar-refractivity contribution is 5.41. The summed E-state index contributed by atoms with van der Waals surface area (Å²) in [4.78, 5) is 0. The maximum Gasteiger partial charge on any atom is 0.247 e. The van der Waals surface area contributed by atoms with Gasteiger partial charge < -0.3 is 14.8 Å². The zero-order chi connectivity index (χ0) is 15.5. The largest absolute Gasteiger partial charge is 0.486 e. The summed E-state index contributed by atoms with van der Waals surface area (Å²) in [7, 11) is 0. The maximum absolute atomic E-state index is 5.91. The number of hydrogen-bond donors (Lipinski definition) is 1. The van der Waals surface area contributed by atoms with Crippen LogP contribution >= 0.6 is 0 Å². The number of rotatable bonds is 4. The predicted octanol–water partition coefficient (Wildman–Crippen LogP) is 1.91. The van der Waals surface area contributed by atoms with E-state index >= 15 is 0 Å². The minimum absolute atomic E-state index is 0.106. The molecule has 0 amide bonds. The zero-order valence-electron chi connectivity index (χ0n) is 12.3. The van der Waals surface area contributed by atoms with Crippen molar-refractivity contribution in [2.45, 2.75) is 6.10 Å². The molecule has 1 N–H and O–H groups in total. The van der Waals surface area contributed by atoms with E-state index in [0.29, 0.717) is 19.1 Å². The third-order valence-corrected chi connectivity index (χ3v) is 3.53. The van der Waals surface area contributed by atoms with Gasteiger partial charge in [-0.25, -0.2) is 0 Å². The first-order valence-electron chi connectivity index (χ1n) is 7.36. The van der Waals surface area contributed by atoms with E-state index in [-0.39, 0.29) is 6.10 Å². The molecule has 2 heterocycles. The van der Waals surface area contributed by atoms with Crippen molar-refractivity contribution < 1.29 is 9.47 Å². The van der Waals surface area contributed by atoms with Crippen LogP contribution in [0.1, 0.15) is 0 Å². The number of nitrogens with one attached hydrogen (secondary N) is 1. The van der Waals surface area contributed by atoms with E-state index in [1.165, 1.54) is 0 Å². The normalized spacial score (nSPS) is 16.1. The third-order valence-electron chi connectivity index (χ3n) is 3.53. The quantitative estimate of drug-likeness (QED) is 0.793. The molecule has 0 fully saturated rings. The molecular formula is C16H15N5O2. The molecule has 1 aromatic heterocycles. The smallest absolute Gasteiger partial charge is 0.247 e. The average Bonchev–Trinajstić information content (AvgIpc) is 3.09. The van der Waals surface area contributed by atoms with E-state index in [1.807, 2.05) is 54.6 Å². The van der Waals surface area contributed by atoms with Crippen LogP contribution in [-0.2, 0) is 0 Å². The van der Waals surface area contributed by atoms with Gasteiger partial charge in [0.15, 0.2) is 11.5 Å². The Morgan fingerprint density at radius 1 is 1.04 bits per heavy atom. The summed E-state index contributed by atoms with van der Waals surface area (Å²) < 4.78 is 13.3. The Balaban J connectivity index is 1.44. The molecule has 0 saturated carbocycles. The van der Waals surface area contributed by atoms with Crippen LogP contribution < -0.4 is 14.8 Å². The number of fused-ring (bicyclic) bond motifs is 1. The molecule has 23 heavy (non-hydrogen) atoms. The van der Waals surface area contributed by atoms with Gasteiger partial charge in [0.1, 0.15) is 12.7 Å². The van der Waals surface area contributed by atoms with Crippen molar-refractivity contribution in [3.63, 3.8) is 0 Å². The van der Waals surface area contributed by atoms with Gasteiger partial charge in [-0.05, 0) is 34.7 Å². The van der Waals surface area contributed by atoms with Crippen molar-refractivity contribution in [2.24, 2.45) is 0 Å². The molecule has 0 saturated heterocycles. The van der Waals surface area contributed by atoms with Gasteiger partial charge in [0.2, 0.25) is 5.95 Å². The molecule has 0 radical (unpaired) electrons. The highest BCUT2D eigenvalue weighted by Gasteiger charge is 2.21. The van der Waals surface area contributed by atoms with Crippen LogP contribution in [0.5, 0.6) is 11.5 Å². The van der Waals surface area contributed by atoms with E-state index in [1.54, 1.807) is 4.68 Å². The van der Waals surface area contributed by atoms with E-state index in [0.717, 1.165) is 17.2 Å². The van der Waals surface area contributed by atoms with Crippen LogP contribution in [0.4, 0.5) is 5.95 Å². The van der Waals surface area contributed by atoms with Crippen LogP contribution in [0, 0.1) is 0 Å². The summed E-state index contributed by atoms with van der Waals surface area (Å²) in [6.07, 6.45) is -0.106. The molecule has 0 aliphatic carbocycles. The van der Waals surface area contributed by atoms with Gasteiger partial charge in [0, 0.05) is 0 Å². The molecule has 3 aromatic rings. The lowest BCUT2D eigenvalue weighted by Crippen LogP contribution is -2.35. The Morgan fingerprint density at radius 2 is 1.83 bits per heavy atom. The number of hydrogen-bond acceptors (Lipinski definition) is 6. The van der Waals surface area contributed by atoms with Gasteiger partial charge >= 0.3 is 0 Å². The van der Waals surface area contributed by atoms with Crippen molar-refractivity contribution in [1.29, 1.82) is 0 Å². The van der Waals surface area contributed by atoms with E-state index < -0.39 is 0 Å². The number of aromatic nitrogens is 4. The molecule has 1 aliphatic heterocycles. The van der Waals surface area contributed by atoms with E-state index in [4.69, 9.17) is 9.47 Å². The number of tetrazole rings is 1. The summed E-state index contributed by atoms with van der Waals surface area (Å²) in [6, 6.07) is 17.4. The number of ether oxygens (including phenoxy) is 2. The monoisotopic (exact) mass is 309 g/mol. The van der Waals surface area contributed by atoms with Crippen molar-refractivity contribution in [3.8, 4) is 17.2 Å². The molecule has 116 valence electrons. The molecule has 7 heteroatoms. The number of benzene rings is 2. The van der Waals surface area contributed by atoms with Crippen molar-refractivity contribution >= 4 is 5.95 Å². The minimum Gasteiger partial charge on any atom is -0.486 e. The van der Waals surface area contributed by atoms with Crippen molar-refractivity contribution in [1.82, 2.24) is 20.2 Å². The van der Waals surface area contributed by atoms with Crippen molar-refractivity contribution in [2.75, 3.05) is 18.5 Å². The van der Waals surface area contributed by atoms with Crippen LogP contribution in [0.25, 0.3) is 5.69 Å². The molecular weight excluding hydrogens is 294 g/mol. The molecule has 7 nitrogen and oxygen atoms in total. The van der Waals surface area contributed by atoms with Gasteiger partial charge in [-0.15, -0.1) is 0 Å². The fourth-order valence-electron chi connectivity index (χ4n) is 2.41. The molecule has 1 aliphatic rings. The molecule has 0 bridgehead atoms. The van der Waals surface area contributed by atoms with Gasteiger partial charge in [-0.1, -0.05) is 35.4 Å². The Hall–Kier alpha value is -3.09. The fraction of sp³-hybridized carbons (Fsp3) is 0.188. The second-order valence-corrected chi connectivity index (χ2v) is 5.13. The molecule has 4 rings (SSSR count). The number of para-hydroxylation sites is 3. The standard InChI is InChI=1S/C16H15N5O2/c1-2-6-12(7-3-1)21-16(18-19-20-21)17-10-13-11-22-14-8-4-5-9-15(14)23-13/h1-9,13H,10-11H2,(H,17,18,20). The van der Waals surface area contributed by atoms with Crippen LogP contribution in [0.2, 0.25) is 0 Å². The van der Waals surface area contributed by atoms with Gasteiger partial charge in [-0.3, -0.25) is 0 Å². The molecule has 0 spiro atoms. The highest BCUT2D eigenvalue weighted by atomic mass is 16.6. The van der Waals surface area contributed by atoms with Gasteiger partial charge in [0.25, 0.3) is 0 Å². The van der Waals surface area contributed by atoms with E-state index in [2.05, 4.69) is 20.8 Å². The lowest BCUT2D eigenvalue weighted by Gasteiger charge is -2.26. The number of nitrogens with zero attached hydrogens (tertiary/aromatic N) is 4. The van der Waals surface area contributed by atoms with Crippen LogP contribution in [0.3, 0.4) is 0 Å².